The van der Waals surface area contributed by atoms with Gasteiger partial charge in [-0.25, -0.2) is 19.6 Å². The number of fused-ring (bicyclic) bond motifs is 1. The number of carbonyl (C=O) groups excluding carboxylic acids is 2. The lowest BCUT2D eigenvalue weighted by atomic mass is 10.2. The summed E-state index contributed by atoms with van der Waals surface area (Å²) in [6.07, 6.45) is -0.957. The van der Waals surface area contributed by atoms with Crippen molar-refractivity contribution < 1.29 is 28.5 Å². The molecule has 0 unspecified atom stereocenters. The average Bonchev–Trinajstić information content (AvgIpc) is 3.10. The predicted molar refractivity (Wildman–Crippen MR) is 109 cm³/mol. The molecule has 0 N–H and O–H groups in total. The highest BCUT2D eigenvalue weighted by Gasteiger charge is 2.43. The monoisotopic (exact) mass is 437 g/mol. The van der Waals surface area contributed by atoms with Crippen molar-refractivity contribution in [2.45, 2.75) is 44.9 Å². The van der Waals surface area contributed by atoms with Crippen molar-refractivity contribution >= 4 is 34.7 Å². The SMILES string of the molecule is COC(=O)[C@H]1C[C@H](Oc2nc3cc(OC)ccc3nc2Cl)CN1C(=O)OC(C)(C)C. The van der Waals surface area contributed by atoms with Crippen molar-refractivity contribution in [3.63, 3.8) is 0 Å². The Morgan fingerprint density at radius 2 is 1.90 bits per heavy atom. The lowest BCUT2D eigenvalue weighted by Crippen LogP contribution is -2.44. The van der Waals surface area contributed by atoms with Gasteiger partial charge >= 0.3 is 12.1 Å². The van der Waals surface area contributed by atoms with Gasteiger partial charge in [-0.2, -0.15) is 0 Å². The van der Waals surface area contributed by atoms with E-state index in [4.69, 9.17) is 30.5 Å². The zero-order chi connectivity index (χ0) is 22.1. The molecule has 0 bridgehead atoms. The molecule has 0 aliphatic carbocycles. The number of rotatable bonds is 4. The second-order valence-electron chi connectivity index (χ2n) is 7.82. The molecule has 2 aromatic rings. The van der Waals surface area contributed by atoms with Crippen LogP contribution in [0.25, 0.3) is 11.0 Å². The van der Waals surface area contributed by atoms with E-state index < -0.39 is 29.8 Å². The number of aromatic nitrogens is 2. The van der Waals surface area contributed by atoms with Crippen LogP contribution in [0.1, 0.15) is 27.2 Å². The van der Waals surface area contributed by atoms with E-state index in [9.17, 15) is 9.59 Å². The number of nitrogens with zero attached hydrogens (tertiary/aromatic N) is 3. The molecule has 1 amide bonds. The van der Waals surface area contributed by atoms with Crippen molar-refractivity contribution in [1.29, 1.82) is 0 Å². The standard InChI is InChI=1S/C20H24ClN3O6/c1-20(2,3)30-19(26)24-10-12(9-15(24)18(25)28-5)29-17-16(21)22-13-7-6-11(27-4)8-14(13)23-17/h6-8,12,15H,9-10H2,1-5H3/t12-,15+/m0/s1. The van der Waals surface area contributed by atoms with Gasteiger partial charge in [0.15, 0.2) is 5.15 Å². The van der Waals surface area contributed by atoms with Crippen LogP contribution in [0.3, 0.4) is 0 Å². The molecule has 1 saturated heterocycles. The van der Waals surface area contributed by atoms with E-state index in [-0.39, 0.29) is 24.0 Å². The molecular weight excluding hydrogens is 414 g/mol. The molecule has 2 heterocycles. The maximum absolute atomic E-state index is 12.6. The third-order valence-electron chi connectivity index (χ3n) is 4.44. The van der Waals surface area contributed by atoms with Crippen LogP contribution in [0.15, 0.2) is 18.2 Å². The average molecular weight is 438 g/mol. The van der Waals surface area contributed by atoms with Gasteiger partial charge in [-0.3, -0.25) is 4.90 Å². The molecule has 0 spiro atoms. The van der Waals surface area contributed by atoms with Gasteiger partial charge in [-0.15, -0.1) is 0 Å². The van der Waals surface area contributed by atoms with Gasteiger partial charge in [-0.05, 0) is 32.9 Å². The van der Waals surface area contributed by atoms with E-state index in [1.54, 1.807) is 46.1 Å². The Bertz CT molecular complexity index is 961. The summed E-state index contributed by atoms with van der Waals surface area (Å²) in [5, 5.41) is 0.0815. The number of amides is 1. The summed E-state index contributed by atoms with van der Waals surface area (Å²) in [6, 6.07) is 4.38. The van der Waals surface area contributed by atoms with E-state index >= 15 is 0 Å². The number of carbonyl (C=O) groups is 2. The fraction of sp³-hybridized carbons (Fsp3) is 0.500. The minimum atomic E-state index is -0.831. The number of hydrogen-bond donors (Lipinski definition) is 0. The van der Waals surface area contributed by atoms with E-state index in [1.165, 1.54) is 12.0 Å². The lowest BCUT2D eigenvalue weighted by molar-refractivity contribution is -0.145. The third kappa shape index (κ3) is 4.84. The van der Waals surface area contributed by atoms with Crippen molar-refractivity contribution in [2.24, 2.45) is 0 Å². The molecule has 9 nitrogen and oxygen atoms in total. The zero-order valence-corrected chi connectivity index (χ0v) is 18.2. The van der Waals surface area contributed by atoms with Crippen molar-refractivity contribution in [3.8, 4) is 11.6 Å². The fourth-order valence-corrected chi connectivity index (χ4v) is 3.30. The van der Waals surface area contributed by atoms with Crippen LogP contribution in [0.5, 0.6) is 11.6 Å². The molecule has 10 heteroatoms. The van der Waals surface area contributed by atoms with Crippen LogP contribution >= 0.6 is 11.6 Å². The largest absolute Gasteiger partial charge is 0.497 e. The van der Waals surface area contributed by atoms with Gasteiger partial charge in [0.1, 0.15) is 23.5 Å². The summed E-state index contributed by atoms with van der Waals surface area (Å²) >= 11 is 6.24. The predicted octanol–water partition coefficient (Wildman–Crippen LogP) is 3.22. The first-order valence-electron chi connectivity index (χ1n) is 9.36. The smallest absolute Gasteiger partial charge is 0.411 e. The van der Waals surface area contributed by atoms with Crippen LogP contribution < -0.4 is 9.47 Å². The van der Waals surface area contributed by atoms with Gasteiger partial charge in [0, 0.05) is 12.5 Å². The Morgan fingerprint density at radius 1 is 1.17 bits per heavy atom. The third-order valence-corrected chi connectivity index (χ3v) is 4.69. The van der Waals surface area contributed by atoms with Gasteiger partial charge in [-0.1, -0.05) is 11.6 Å². The highest BCUT2D eigenvalue weighted by atomic mass is 35.5. The number of likely N-dealkylation sites (tertiary alicyclic amines) is 1. The van der Waals surface area contributed by atoms with Crippen LogP contribution in [0.4, 0.5) is 4.79 Å². The summed E-state index contributed by atoms with van der Waals surface area (Å²) in [6.45, 7) is 5.37. The van der Waals surface area contributed by atoms with Crippen LogP contribution in [-0.4, -0.2) is 65.4 Å². The van der Waals surface area contributed by atoms with Crippen molar-refractivity contribution in [3.05, 3.63) is 23.4 Å². The van der Waals surface area contributed by atoms with Crippen molar-refractivity contribution in [1.82, 2.24) is 14.9 Å². The van der Waals surface area contributed by atoms with Gasteiger partial charge < -0.3 is 18.9 Å². The molecule has 3 rings (SSSR count). The summed E-state index contributed by atoms with van der Waals surface area (Å²) in [5.41, 5.74) is 0.422. The molecule has 1 aliphatic heterocycles. The van der Waals surface area contributed by atoms with Crippen LogP contribution in [0, 0.1) is 0 Å². The normalized spacial score (nSPS) is 18.9. The van der Waals surface area contributed by atoms with E-state index in [0.29, 0.717) is 16.8 Å². The number of halogens is 1. The molecule has 0 radical (unpaired) electrons. The van der Waals surface area contributed by atoms with Gasteiger partial charge in [0.05, 0.1) is 31.8 Å². The molecule has 30 heavy (non-hydrogen) atoms. The highest BCUT2D eigenvalue weighted by molar-refractivity contribution is 6.31. The number of benzene rings is 1. The lowest BCUT2D eigenvalue weighted by Gasteiger charge is -2.27. The summed E-state index contributed by atoms with van der Waals surface area (Å²) < 4.78 is 21.4. The molecule has 1 aromatic heterocycles. The minimum absolute atomic E-state index is 0.0815. The Labute approximate surface area is 179 Å². The topological polar surface area (TPSA) is 100 Å². The van der Waals surface area contributed by atoms with Gasteiger partial charge in [0.2, 0.25) is 0 Å². The summed E-state index contributed by atoms with van der Waals surface area (Å²) in [7, 11) is 2.82. The van der Waals surface area contributed by atoms with Crippen LogP contribution in [-0.2, 0) is 14.3 Å². The number of esters is 1. The summed E-state index contributed by atoms with van der Waals surface area (Å²) in [4.78, 5) is 34.8. The molecular formula is C20H24ClN3O6. The first-order valence-corrected chi connectivity index (χ1v) is 9.74. The molecule has 1 aromatic carbocycles. The molecule has 162 valence electrons. The quantitative estimate of drug-likeness (QED) is 0.672. The Balaban J connectivity index is 1.83. The zero-order valence-electron chi connectivity index (χ0n) is 17.5. The van der Waals surface area contributed by atoms with Gasteiger partial charge in [0.25, 0.3) is 5.88 Å². The molecule has 0 saturated carbocycles. The number of methoxy groups -OCH3 is 2. The van der Waals surface area contributed by atoms with E-state index in [2.05, 4.69) is 9.97 Å². The second kappa shape index (κ2) is 8.51. The Morgan fingerprint density at radius 3 is 2.53 bits per heavy atom. The number of hydrogen-bond acceptors (Lipinski definition) is 8. The maximum Gasteiger partial charge on any atom is 0.411 e. The molecule has 1 aliphatic rings. The first-order chi connectivity index (χ1) is 14.1. The van der Waals surface area contributed by atoms with Crippen molar-refractivity contribution in [2.75, 3.05) is 20.8 Å². The molecule has 1 fully saturated rings. The fourth-order valence-electron chi connectivity index (χ4n) is 3.12. The number of ether oxygens (including phenoxy) is 4. The highest BCUT2D eigenvalue weighted by Crippen LogP contribution is 2.30. The van der Waals surface area contributed by atoms with Crippen LogP contribution in [0.2, 0.25) is 5.15 Å². The van der Waals surface area contributed by atoms with E-state index in [1.807, 2.05) is 0 Å². The van der Waals surface area contributed by atoms with E-state index in [0.717, 1.165) is 0 Å². The first kappa shape index (κ1) is 21.9. The molecule has 2 atom stereocenters. The summed E-state index contributed by atoms with van der Waals surface area (Å²) in [5.74, 6) is 0.178. The Hall–Kier alpha value is -2.81. The minimum Gasteiger partial charge on any atom is -0.497 e. The maximum atomic E-state index is 12.6. The second-order valence-corrected chi connectivity index (χ2v) is 8.18. The Kier molecular flexibility index (Phi) is 6.21.